The second-order valence-electron chi connectivity index (χ2n) is 1.59. The maximum Gasteiger partial charge on any atom is 2.00 e. The van der Waals surface area contributed by atoms with E-state index < -0.39 is 5.97 Å². The molecular weight excluding hydrogens is 308 g/mol. The van der Waals surface area contributed by atoms with Crippen LogP contribution in [0.5, 0.6) is 0 Å². The summed E-state index contributed by atoms with van der Waals surface area (Å²) >= 11 is 2.27. The molecule has 0 N–H and O–H groups in total. The molecular formula is C7H9IO2Zn+2. The van der Waals surface area contributed by atoms with E-state index in [4.69, 9.17) is 0 Å². The zero-order valence-electron chi connectivity index (χ0n) is 6.52. The average Bonchev–Trinajstić information content (AvgIpc) is 1.98. The van der Waals surface area contributed by atoms with Crippen LogP contribution in [-0.4, -0.2) is 17.5 Å². The molecule has 0 spiro atoms. The van der Waals surface area contributed by atoms with Gasteiger partial charge >= 0.3 is 25.4 Å². The molecule has 0 saturated carbocycles. The van der Waals surface area contributed by atoms with Crippen LogP contribution in [0.15, 0.2) is 0 Å². The van der Waals surface area contributed by atoms with Crippen LogP contribution in [0.4, 0.5) is 0 Å². The number of methoxy groups -OCH3 is 1. The summed E-state index contributed by atoms with van der Waals surface area (Å²) < 4.78 is 5.39. The molecule has 11 heavy (non-hydrogen) atoms. The minimum Gasteiger partial charge on any atom is -0.459 e. The Bertz CT molecular complexity index is 160. The third-order valence-electron chi connectivity index (χ3n) is 0.811. The molecule has 0 rings (SSSR count). The van der Waals surface area contributed by atoms with Crippen LogP contribution >= 0.6 is 22.6 Å². The number of halogens is 1. The summed E-state index contributed by atoms with van der Waals surface area (Å²) in [4.78, 5) is 10.4. The second-order valence-corrected chi connectivity index (χ2v) is 2.66. The summed E-state index contributed by atoms with van der Waals surface area (Å²) in [6.07, 6.45) is 1.81. The fourth-order valence-electron chi connectivity index (χ4n) is 0.341. The number of carbonyl (C=O) groups excluding carboxylic acids is 1. The molecule has 0 aromatic heterocycles. The van der Waals surface area contributed by atoms with Gasteiger partial charge in [-0.05, 0) is 6.42 Å². The van der Waals surface area contributed by atoms with E-state index in [0.29, 0.717) is 0 Å². The predicted octanol–water partition coefficient (Wildman–Crippen LogP) is 1.38. The summed E-state index contributed by atoms with van der Waals surface area (Å²) in [5.41, 5.74) is 0. The molecule has 0 aliphatic carbocycles. The molecule has 0 aliphatic rings. The molecule has 0 radical (unpaired) electrons. The molecule has 0 aromatic carbocycles. The van der Waals surface area contributed by atoms with Crippen LogP contribution in [0.1, 0.15) is 12.8 Å². The standard InChI is InChI=1S/C7H9IO2.Zn/c1-10-7(9)5-3-2-4-6-8;/h2,4,6H2,1H3;/q;+2. The van der Waals surface area contributed by atoms with Crippen LogP contribution < -0.4 is 0 Å². The third kappa shape index (κ3) is 10.4. The third-order valence-corrected chi connectivity index (χ3v) is 1.57. The summed E-state index contributed by atoms with van der Waals surface area (Å²) in [5.74, 6) is 4.61. The Labute approximate surface area is 93.3 Å². The fourth-order valence-corrected chi connectivity index (χ4v) is 0.722. The predicted molar refractivity (Wildman–Crippen MR) is 47.9 cm³/mol. The van der Waals surface area contributed by atoms with E-state index in [2.05, 4.69) is 39.2 Å². The molecule has 0 atom stereocenters. The second kappa shape index (κ2) is 10.4. The molecule has 0 fully saturated rings. The maximum atomic E-state index is 10.4. The van der Waals surface area contributed by atoms with Gasteiger partial charge in [-0.3, -0.25) is 0 Å². The summed E-state index contributed by atoms with van der Waals surface area (Å²) in [6.45, 7) is 0. The van der Waals surface area contributed by atoms with E-state index in [1.165, 1.54) is 7.11 Å². The monoisotopic (exact) mass is 316 g/mol. The Hall–Kier alpha value is 0.383. The van der Waals surface area contributed by atoms with Crippen molar-refractivity contribution in [2.75, 3.05) is 11.5 Å². The van der Waals surface area contributed by atoms with Crippen LogP contribution in [-0.2, 0) is 29.0 Å². The Balaban J connectivity index is 0. The van der Waals surface area contributed by atoms with Gasteiger partial charge in [0.05, 0.1) is 7.11 Å². The van der Waals surface area contributed by atoms with Crippen molar-refractivity contribution in [1.29, 1.82) is 0 Å². The molecule has 0 aliphatic heterocycles. The van der Waals surface area contributed by atoms with Crippen LogP contribution in [0.25, 0.3) is 0 Å². The molecule has 0 bridgehead atoms. The first-order valence-electron chi connectivity index (χ1n) is 2.94. The van der Waals surface area contributed by atoms with Crippen molar-refractivity contribution in [2.24, 2.45) is 0 Å². The molecule has 0 unspecified atom stereocenters. The summed E-state index contributed by atoms with van der Waals surface area (Å²) in [5, 5.41) is 0. The first kappa shape index (κ1) is 13.9. The molecule has 0 saturated heterocycles. The smallest absolute Gasteiger partial charge is 0.459 e. The van der Waals surface area contributed by atoms with Crippen LogP contribution in [0.2, 0.25) is 0 Å². The van der Waals surface area contributed by atoms with Gasteiger partial charge in [-0.25, -0.2) is 4.79 Å². The normalized spacial score (nSPS) is 7.09. The van der Waals surface area contributed by atoms with Crippen LogP contribution in [0, 0.1) is 11.8 Å². The number of hydrogen-bond acceptors (Lipinski definition) is 2. The van der Waals surface area contributed by atoms with E-state index in [9.17, 15) is 4.79 Å². The molecule has 0 aromatic rings. The van der Waals surface area contributed by atoms with Gasteiger partial charge in [0.2, 0.25) is 0 Å². The summed E-state index contributed by atoms with van der Waals surface area (Å²) in [6, 6.07) is 0. The van der Waals surface area contributed by atoms with Crippen molar-refractivity contribution in [1.82, 2.24) is 0 Å². The van der Waals surface area contributed by atoms with E-state index in [0.717, 1.165) is 17.3 Å². The Morgan fingerprint density at radius 3 is 2.73 bits per heavy atom. The number of ether oxygens (including phenoxy) is 1. The van der Waals surface area contributed by atoms with Gasteiger partial charge in [-0.2, -0.15) is 0 Å². The van der Waals surface area contributed by atoms with Gasteiger partial charge in [-0.1, -0.05) is 28.5 Å². The number of esters is 1. The first-order chi connectivity index (χ1) is 4.81. The van der Waals surface area contributed by atoms with Gasteiger partial charge in [0.25, 0.3) is 0 Å². The molecule has 0 heterocycles. The molecule has 4 heteroatoms. The number of carbonyl (C=O) groups is 1. The SMILES string of the molecule is COC(=O)C#CCCCI.[Zn+2]. The number of rotatable bonds is 2. The average molecular weight is 317 g/mol. The van der Waals surface area contributed by atoms with Gasteiger partial charge in [0, 0.05) is 16.8 Å². The van der Waals surface area contributed by atoms with Gasteiger partial charge < -0.3 is 4.74 Å². The van der Waals surface area contributed by atoms with E-state index in [1.54, 1.807) is 0 Å². The van der Waals surface area contributed by atoms with Gasteiger partial charge in [0.15, 0.2) is 0 Å². The minimum atomic E-state index is -0.451. The van der Waals surface area contributed by atoms with Crippen LogP contribution in [0.3, 0.4) is 0 Å². The quantitative estimate of drug-likeness (QED) is 0.146. The fraction of sp³-hybridized carbons (Fsp3) is 0.571. The number of hydrogen-bond donors (Lipinski definition) is 0. The molecule has 2 nitrogen and oxygen atoms in total. The zero-order valence-corrected chi connectivity index (χ0v) is 11.6. The first-order valence-corrected chi connectivity index (χ1v) is 4.46. The summed E-state index contributed by atoms with van der Waals surface area (Å²) in [7, 11) is 1.33. The van der Waals surface area contributed by atoms with Crippen molar-refractivity contribution < 1.29 is 29.0 Å². The molecule has 56 valence electrons. The van der Waals surface area contributed by atoms with Crippen molar-refractivity contribution in [3.05, 3.63) is 0 Å². The number of unbranched alkanes of at least 4 members (excludes halogenated alkanes) is 1. The van der Waals surface area contributed by atoms with Crippen molar-refractivity contribution in [2.45, 2.75) is 12.8 Å². The molecule has 0 amide bonds. The number of alkyl halides is 1. The Morgan fingerprint density at radius 2 is 2.27 bits per heavy atom. The van der Waals surface area contributed by atoms with E-state index >= 15 is 0 Å². The topological polar surface area (TPSA) is 26.3 Å². The van der Waals surface area contributed by atoms with Crippen molar-refractivity contribution in [3.8, 4) is 11.8 Å². The van der Waals surface area contributed by atoms with E-state index in [1.807, 2.05) is 0 Å². The van der Waals surface area contributed by atoms with E-state index in [-0.39, 0.29) is 19.5 Å². The van der Waals surface area contributed by atoms with Gasteiger partial charge in [0.1, 0.15) is 0 Å². The Kier molecular flexibility index (Phi) is 13.2. The van der Waals surface area contributed by atoms with Crippen molar-refractivity contribution >= 4 is 28.6 Å². The van der Waals surface area contributed by atoms with Crippen molar-refractivity contribution in [3.63, 3.8) is 0 Å². The van der Waals surface area contributed by atoms with Gasteiger partial charge in [-0.15, -0.1) is 0 Å². The zero-order chi connectivity index (χ0) is 7.82. The maximum absolute atomic E-state index is 10.4. The minimum absolute atomic E-state index is 0. The largest absolute Gasteiger partial charge is 2.00 e. The Morgan fingerprint density at radius 1 is 1.64 bits per heavy atom.